The lowest BCUT2D eigenvalue weighted by Gasteiger charge is -2.34. The number of carbonyl (C=O) groups is 3. The number of alkyl halides is 2. The van der Waals surface area contributed by atoms with Crippen molar-refractivity contribution in [3.8, 4) is 0 Å². The summed E-state index contributed by atoms with van der Waals surface area (Å²) in [6, 6.07) is 11.7. The Morgan fingerprint density at radius 3 is 2.37 bits per heavy atom. The Morgan fingerprint density at radius 2 is 1.74 bits per heavy atom. The first-order chi connectivity index (χ1) is 17.7. The number of hydrogen-bond acceptors (Lipinski definition) is 8. The number of benzene rings is 2. The van der Waals surface area contributed by atoms with Crippen molar-refractivity contribution in [2.24, 2.45) is 11.8 Å². The highest BCUT2D eigenvalue weighted by molar-refractivity contribution is 8.01. The molecule has 2 bridgehead atoms. The first-order valence-corrected chi connectivity index (χ1v) is 14.3. The van der Waals surface area contributed by atoms with Gasteiger partial charge in [0.15, 0.2) is 6.10 Å². The molecule has 3 saturated heterocycles. The Kier molecular flexibility index (Phi) is 6.47. The van der Waals surface area contributed by atoms with Gasteiger partial charge < -0.3 is 14.4 Å². The van der Waals surface area contributed by atoms with Crippen LogP contribution in [0, 0.1) is 11.8 Å². The minimum Gasteiger partial charge on any atom is -0.455 e. The van der Waals surface area contributed by atoms with Gasteiger partial charge in [0.05, 0.1) is 28.7 Å². The highest BCUT2D eigenvalue weighted by Crippen LogP contribution is 2.60. The van der Waals surface area contributed by atoms with Crippen LogP contribution in [0.15, 0.2) is 42.5 Å². The van der Waals surface area contributed by atoms with Crippen LogP contribution in [-0.4, -0.2) is 75.8 Å². The summed E-state index contributed by atoms with van der Waals surface area (Å²) in [6.45, 7) is 4.21. The molecule has 13 heteroatoms. The van der Waals surface area contributed by atoms with Gasteiger partial charge in [-0.25, -0.2) is 4.79 Å². The van der Waals surface area contributed by atoms with Crippen LogP contribution >= 0.6 is 11.8 Å². The molecule has 3 aliphatic rings. The summed E-state index contributed by atoms with van der Waals surface area (Å²) >= 11 is 1.26. The number of hydrogen-bond donors (Lipinski definition) is 1. The molecule has 0 spiro atoms. The van der Waals surface area contributed by atoms with Crippen molar-refractivity contribution in [2.45, 2.75) is 60.8 Å². The molecule has 38 heavy (non-hydrogen) atoms. The first-order valence-electron chi connectivity index (χ1n) is 12.0. The molecule has 7 unspecified atom stereocenters. The molecule has 2 aromatic carbocycles. The van der Waals surface area contributed by atoms with Crippen LogP contribution in [0.5, 0.6) is 0 Å². The average molecular weight is 570 g/mol. The summed E-state index contributed by atoms with van der Waals surface area (Å²) in [5.41, 5.74) is 0.272. The van der Waals surface area contributed by atoms with Gasteiger partial charge in [-0.15, -0.1) is 11.8 Å². The van der Waals surface area contributed by atoms with Crippen LogP contribution in [0.4, 0.5) is 8.78 Å². The fourth-order valence-corrected chi connectivity index (χ4v) is 8.25. The maximum absolute atomic E-state index is 14.1. The zero-order chi connectivity index (χ0) is 27.7. The zero-order valence-corrected chi connectivity index (χ0v) is 22.1. The van der Waals surface area contributed by atoms with Crippen LogP contribution in [0.3, 0.4) is 0 Å². The predicted molar refractivity (Wildman–Crippen MR) is 133 cm³/mol. The Labute approximate surface area is 221 Å². The second-order valence-corrected chi connectivity index (χ2v) is 12.8. The molecule has 2 aromatic rings. The van der Waals surface area contributed by atoms with Gasteiger partial charge in [0.25, 0.3) is 0 Å². The van der Waals surface area contributed by atoms with E-state index in [1.807, 2.05) is 24.3 Å². The summed E-state index contributed by atoms with van der Waals surface area (Å²) in [6.07, 6.45) is -3.44. The molecule has 3 fully saturated rings. The van der Waals surface area contributed by atoms with Crippen molar-refractivity contribution in [1.82, 2.24) is 4.90 Å². The Morgan fingerprint density at radius 1 is 1.08 bits per heavy atom. The van der Waals surface area contributed by atoms with E-state index in [-0.39, 0.29) is 17.5 Å². The highest BCUT2D eigenvalue weighted by Gasteiger charge is 2.72. The van der Waals surface area contributed by atoms with Gasteiger partial charge >= 0.3 is 27.3 Å². The molecule has 1 N–H and O–H groups in total. The summed E-state index contributed by atoms with van der Waals surface area (Å²) in [5.74, 6) is -4.40. The Bertz CT molecular complexity index is 1430. The minimum absolute atomic E-state index is 0.272. The van der Waals surface area contributed by atoms with Crippen molar-refractivity contribution in [3.63, 3.8) is 0 Å². The molecule has 0 aromatic heterocycles. The van der Waals surface area contributed by atoms with Gasteiger partial charge in [0, 0.05) is 11.3 Å². The monoisotopic (exact) mass is 569 g/mol. The average Bonchev–Trinajstić information content (AvgIpc) is 3.45. The van der Waals surface area contributed by atoms with Crippen LogP contribution in [-0.2, 0) is 29.2 Å². The van der Waals surface area contributed by atoms with Crippen LogP contribution in [0.2, 0.25) is 0 Å². The number of amides is 1. The lowest BCUT2D eigenvalue weighted by atomic mass is 9.78. The second-order valence-electron chi connectivity index (χ2n) is 9.99. The number of halogens is 2. The van der Waals surface area contributed by atoms with Gasteiger partial charge in [0.2, 0.25) is 5.91 Å². The van der Waals surface area contributed by atoms with E-state index in [9.17, 15) is 31.6 Å². The maximum Gasteiger partial charge on any atom is 0.405 e. The molecular formula is C25H25F2NO8S2. The Hall–Kier alpha value is -2.77. The van der Waals surface area contributed by atoms with E-state index in [0.29, 0.717) is 6.92 Å². The summed E-state index contributed by atoms with van der Waals surface area (Å²) in [5, 5.41) is -4.22. The number of thioether (sulfide) groups is 1. The molecule has 7 atom stereocenters. The number of esters is 2. The highest BCUT2D eigenvalue weighted by atomic mass is 32.2. The fourth-order valence-electron chi connectivity index (χ4n) is 5.70. The molecule has 0 aliphatic carbocycles. The van der Waals surface area contributed by atoms with E-state index >= 15 is 0 Å². The number of nitrogens with zero attached hydrogens (tertiary/aromatic N) is 1. The molecule has 0 saturated carbocycles. The number of carbonyl (C=O) groups excluding carboxylic acids is 3. The largest absolute Gasteiger partial charge is 0.455 e. The number of ether oxygens (including phenoxy) is 2. The smallest absolute Gasteiger partial charge is 0.405 e. The van der Waals surface area contributed by atoms with Crippen molar-refractivity contribution in [2.75, 3.05) is 0 Å². The molecule has 204 valence electrons. The van der Waals surface area contributed by atoms with E-state index in [1.165, 1.54) is 11.8 Å². The number of likely N-dealkylation sites (tertiary alicyclic amines) is 1. The van der Waals surface area contributed by atoms with Crippen molar-refractivity contribution >= 4 is 50.5 Å². The van der Waals surface area contributed by atoms with Crippen LogP contribution < -0.4 is 0 Å². The van der Waals surface area contributed by atoms with Crippen molar-refractivity contribution in [3.05, 3.63) is 48.0 Å². The van der Waals surface area contributed by atoms with Gasteiger partial charge in [0.1, 0.15) is 6.10 Å². The van der Waals surface area contributed by atoms with E-state index in [2.05, 4.69) is 0 Å². The van der Waals surface area contributed by atoms with E-state index in [4.69, 9.17) is 14.0 Å². The number of rotatable bonds is 7. The number of fused-ring (bicyclic) bond motifs is 2. The quantitative estimate of drug-likeness (QED) is 0.395. The topological polar surface area (TPSA) is 127 Å². The third-order valence-corrected chi connectivity index (χ3v) is 10.2. The van der Waals surface area contributed by atoms with Crippen molar-refractivity contribution < 1.29 is 45.6 Å². The second kappa shape index (κ2) is 9.16. The molecule has 1 amide bonds. The van der Waals surface area contributed by atoms with Gasteiger partial charge in [-0.05, 0) is 43.7 Å². The zero-order valence-electron chi connectivity index (χ0n) is 20.5. The standard InChI is InChI=1S/C25H25F2NO8S2/c1-11(2)28-18-19(36-23(30)15-9-8-13-6-4-5-7-14(13)10-15)21-17(16(22(28)29)20(18)37-21)24(31)35-12(3)25(26,27)38(32,33)34/h4-12,16-21H,1-3H3,(H,32,33,34). The van der Waals surface area contributed by atoms with Gasteiger partial charge in [-0.3, -0.25) is 14.1 Å². The third kappa shape index (κ3) is 4.06. The minimum atomic E-state index is -5.86. The van der Waals surface area contributed by atoms with E-state index in [0.717, 1.165) is 10.8 Å². The van der Waals surface area contributed by atoms with Gasteiger partial charge in [-0.1, -0.05) is 30.3 Å². The third-order valence-electron chi connectivity index (χ3n) is 7.43. The molecule has 5 rings (SSSR count). The molecule has 3 heterocycles. The molecule has 0 radical (unpaired) electrons. The molecule has 3 aliphatic heterocycles. The fraction of sp³-hybridized carbons (Fsp3) is 0.480. The molecular weight excluding hydrogens is 544 g/mol. The molecule has 9 nitrogen and oxygen atoms in total. The summed E-state index contributed by atoms with van der Waals surface area (Å²) < 4.78 is 69.9. The van der Waals surface area contributed by atoms with E-state index in [1.54, 1.807) is 36.9 Å². The van der Waals surface area contributed by atoms with Crippen molar-refractivity contribution in [1.29, 1.82) is 0 Å². The summed E-state index contributed by atoms with van der Waals surface area (Å²) in [4.78, 5) is 41.2. The van der Waals surface area contributed by atoms with Crippen LogP contribution in [0.1, 0.15) is 31.1 Å². The first kappa shape index (κ1) is 26.8. The normalized spacial score (nSPS) is 29.2. The predicted octanol–water partition coefficient (Wildman–Crippen LogP) is 3.13. The lowest BCUT2D eigenvalue weighted by Crippen LogP contribution is -2.52. The van der Waals surface area contributed by atoms with Gasteiger partial charge in [-0.2, -0.15) is 17.2 Å². The Balaban J connectivity index is 1.44. The SMILES string of the molecule is CC(C)N1C(=O)C2C3SC(C(OC(=O)c4ccc5ccccc5c4)C31)C2C(=O)OC(C)C(F)(F)S(=O)(=O)O. The lowest BCUT2D eigenvalue weighted by molar-refractivity contribution is -0.168. The maximum atomic E-state index is 14.1. The summed E-state index contributed by atoms with van der Waals surface area (Å²) in [7, 11) is -5.86. The van der Waals surface area contributed by atoms with Crippen LogP contribution in [0.25, 0.3) is 10.8 Å². The van der Waals surface area contributed by atoms with E-state index < -0.39 is 67.9 Å².